The molecule has 0 radical (unpaired) electrons. The van der Waals surface area contributed by atoms with Gasteiger partial charge in [0.05, 0.1) is 0 Å². The number of carbonyl (C=O) groups is 1. The highest BCUT2D eigenvalue weighted by Crippen LogP contribution is 2.28. The average molecular weight is 329 g/mol. The number of rotatable bonds is 4. The molecule has 1 heterocycles. The van der Waals surface area contributed by atoms with Crippen molar-refractivity contribution in [1.29, 1.82) is 0 Å². The largest absolute Gasteiger partial charge is 0.478 e. The molecule has 0 spiro atoms. The van der Waals surface area contributed by atoms with E-state index in [1.807, 2.05) is 0 Å². The van der Waals surface area contributed by atoms with Gasteiger partial charge in [0.2, 0.25) is 0 Å². The number of halogens is 2. The first-order valence-corrected chi connectivity index (χ1v) is 7.15. The van der Waals surface area contributed by atoms with Crippen LogP contribution in [0.15, 0.2) is 28.0 Å². The SMILES string of the molecule is Cc1[nH]c(=O)nc(SCc2ccc(F)cc2Cl)c1C(=O)O. The minimum atomic E-state index is -1.18. The monoisotopic (exact) mass is 328 g/mol. The molecule has 2 rings (SSSR count). The minimum Gasteiger partial charge on any atom is -0.478 e. The predicted octanol–water partition coefficient (Wildman–Crippen LogP) is 2.86. The first-order chi connectivity index (χ1) is 9.88. The number of benzene rings is 1. The Morgan fingerprint density at radius 2 is 2.24 bits per heavy atom. The molecule has 1 aromatic heterocycles. The minimum absolute atomic E-state index is 0.0576. The summed E-state index contributed by atoms with van der Waals surface area (Å²) in [5, 5.41) is 9.51. The molecule has 0 saturated carbocycles. The Kier molecular flexibility index (Phi) is 4.64. The van der Waals surface area contributed by atoms with E-state index >= 15 is 0 Å². The van der Waals surface area contributed by atoms with Crippen LogP contribution in [-0.2, 0) is 5.75 Å². The van der Waals surface area contributed by atoms with Crippen molar-refractivity contribution < 1.29 is 14.3 Å². The van der Waals surface area contributed by atoms with Crippen molar-refractivity contribution in [3.05, 3.63) is 56.3 Å². The van der Waals surface area contributed by atoms with E-state index in [-0.39, 0.29) is 27.1 Å². The first-order valence-electron chi connectivity index (χ1n) is 5.79. The predicted molar refractivity (Wildman–Crippen MR) is 77.5 cm³/mol. The molecule has 0 unspecified atom stereocenters. The van der Waals surface area contributed by atoms with Gasteiger partial charge in [0.1, 0.15) is 16.4 Å². The van der Waals surface area contributed by atoms with E-state index in [1.165, 1.54) is 25.1 Å². The van der Waals surface area contributed by atoms with Gasteiger partial charge in [0, 0.05) is 16.5 Å². The van der Waals surface area contributed by atoms with Crippen molar-refractivity contribution in [2.75, 3.05) is 0 Å². The maximum atomic E-state index is 13.0. The van der Waals surface area contributed by atoms with Gasteiger partial charge in [-0.1, -0.05) is 17.7 Å². The highest BCUT2D eigenvalue weighted by atomic mass is 35.5. The maximum Gasteiger partial charge on any atom is 0.346 e. The zero-order chi connectivity index (χ0) is 15.6. The van der Waals surface area contributed by atoms with Crippen LogP contribution >= 0.6 is 23.4 Å². The lowest BCUT2D eigenvalue weighted by Gasteiger charge is -2.08. The topological polar surface area (TPSA) is 83.0 Å². The zero-order valence-corrected chi connectivity index (χ0v) is 12.4. The number of hydrogen-bond acceptors (Lipinski definition) is 4. The van der Waals surface area contributed by atoms with Crippen LogP contribution in [-0.4, -0.2) is 21.0 Å². The van der Waals surface area contributed by atoms with Crippen LogP contribution in [0.4, 0.5) is 4.39 Å². The smallest absolute Gasteiger partial charge is 0.346 e. The van der Waals surface area contributed by atoms with Crippen LogP contribution in [0, 0.1) is 12.7 Å². The summed E-state index contributed by atoms with van der Waals surface area (Å²) >= 11 is 6.96. The Bertz CT molecular complexity index is 764. The molecule has 0 aliphatic heterocycles. The number of aromatic amines is 1. The summed E-state index contributed by atoms with van der Waals surface area (Å²) in [5.41, 5.74) is 0.178. The third kappa shape index (κ3) is 3.62. The van der Waals surface area contributed by atoms with Gasteiger partial charge in [-0.15, -0.1) is 11.8 Å². The molecular weight excluding hydrogens is 319 g/mol. The van der Waals surface area contributed by atoms with Gasteiger partial charge in [-0.25, -0.2) is 14.0 Å². The molecule has 8 heteroatoms. The standard InChI is InChI=1S/C13H10ClFN2O3S/c1-6-10(12(18)19)11(17-13(20)16-6)21-5-7-2-3-8(15)4-9(7)14/h2-4H,5H2,1H3,(H,18,19)(H,16,17,20). The van der Waals surface area contributed by atoms with E-state index in [1.54, 1.807) is 0 Å². The summed E-state index contributed by atoms with van der Waals surface area (Å²) in [6, 6.07) is 3.94. The fourth-order valence-electron chi connectivity index (χ4n) is 1.70. The van der Waals surface area contributed by atoms with Crippen LogP contribution in [0.1, 0.15) is 21.6 Å². The van der Waals surface area contributed by atoms with E-state index in [4.69, 9.17) is 11.6 Å². The molecule has 110 valence electrons. The fourth-order valence-corrected chi connectivity index (χ4v) is 3.09. The summed E-state index contributed by atoms with van der Waals surface area (Å²) in [5.74, 6) is -1.36. The summed E-state index contributed by atoms with van der Waals surface area (Å²) in [4.78, 5) is 28.6. The fraction of sp³-hybridized carbons (Fsp3) is 0.154. The number of aromatic nitrogens is 2. The number of nitrogens with zero attached hydrogens (tertiary/aromatic N) is 1. The second kappa shape index (κ2) is 6.28. The highest BCUT2D eigenvalue weighted by molar-refractivity contribution is 7.98. The van der Waals surface area contributed by atoms with E-state index in [0.29, 0.717) is 5.56 Å². The summed E-state index contributed by atoms with van der Waals surface area (Å²) in [7, 11) is 0. The van der Waals surface area contributed by atoms with Crippen molar-refractivity contribution in [1.82, 2.24) is 9.97 Å². The van der Waals surface area contributed by atoms with Gasteiger partial charge >= 0.3 is 11.7 Å². The van der Waals surface area contributed by atoms with Gasteiger partial charge in [-0.05, 0) is 24.6 Å². The van der Waals surface area contributed by atoms with Crippen LogP contribution in [0.5, 0.6) is 0 Å². The van der Waals surface area contributed by atoms with Gasteiger partial charge in [-0.3, -0.25) is 0 Å². The molecule has 0 saturated heterocycles. The quantitative estimate of drug-likeness (QED) is 0.666. The van der Waals surface area contributed by atoms with Crippen molar-refractivity contribution >= 4 is 29.3 Å². The molecule has 0 fully saturated rings. The normalized spacial score (nSPS) is 10.6. The van der Waals surface area contributed by atoms with Crippen molar-refractivity contribution in [2.24, 2.45) is 0 Å². The lowest BCUT2D eigenvalue weighted by molar-refractivity contribution is 0.0690. The Labute approximate surface area is 128 Å². The van der Waals surface area contributed by atoms with Crippen molar-refractivity contribution in [3.8, 4) is 0 Å². The number of aromatic carboxylic acids is 1. The number of aryl methyl sites for hydroxylation is 1. The second-order valence-corrected chi connectivity index (χ2v) is 5.55. The second-order valence-electron chi connectivity index (χ2n) is 4.18. The Morgan fingerprint density at radius 3 is 2.86 bits per heavy atom. The highest BCUT2D eigenvalue weighted by Gasteiger charge is 2.17. The zero-order valence-electron chi connectivity index (χ0n) is 10.8. The van der Waals surface area contributed by atoms with Gasteiger partial charge < -0.3 is 10.1 Å². The van der Waals surface area contributed by atoms with Crippen LogP contribution in [0.2, 0.25) is 5.02 Å². The molecule has 1 aromatic carbocycles. The number of carboxylic acids is 1. The molecule has 0 amide bonds. The molecule has 0 atom stereocenters. The molecular formula is C13H10ClFN2O3S. The van der Waals surface area contributed by atoms with E-state index in [0.717, 1.165) is 11.8 Å². The summed E-state index contributed by atoms with van der Waals surface area (Å²) in [6.07, 6.45) is 0. The van der Waals surface area contributed by atoms with Crippen LogP contribution in [0.25, 0.3) is 0 Å². The summed E-state index contributed by atoms with van der Waals surface area (Å²) < 4.78 is 13.0. The number of thioether (sulfide) groups is 1. The van der Waals surface area contributed by atoms with Crippen molar-refractivity contribution in [2.45, 2.75) is 17.7 Å². The molecule has 0 aliphatic carbocycles. The number of hydrogen-bond donors (Lipinski definition) is 2. The van der Waals surface area contributed by atoms with Crippen LogP contribution < -0.4 is 5.69 Å². The molecule has 0 aliphatic rings. The van der Waals surface area contributed by atoms with Gasteiger partial charge in [0.15, 0.2) is 0 Å². The molecule has 2 aromatic rings. The first kappa shape index (κ1) is 15.5. The lowest BCUT2D eigenvalue weighted by Crippen LogP contribution is -2.18. The summed E-state index contributed by atoms with van der Waals surface area (Å²) in [6.45, 7) is 1.49. The Balaban J connectivity index is 2.31. The van der Waals surface area contributed by atoms with Crippen LogP contribution in [0.3, 0.4) is 0 Å². The average Bonchev–Trinajstić information content (AvgIpc) is 2.36. The number of nitrogens with one attached hydrogen (secondary N) is 1. The number of H-pyrrole nitrogens is 1. The lowest BCUT2D eigenvalue weighted by atomic mass is 10.2. The van der Waals surface area contributed by atoms with E-state index in [9.17, 15) is 19.1 Å². The third-order valence-corrected chi connectivity index (χ3v) is 4.06. The Morgan fingerprint density at radius 1 is 1.52 bits per heavy atom. The van der Waals surface area contributed by atoms with Gasteiger partial charge in [-0.2, -0.15) is 4.98 Å². The third-order valence-electron chi connectivity index (χ3n) is 2.68. The van der Waals surface area contributed by atoms with E-state index in [2.05, 4.69) is 9.97 Å². The molecule has 21 heavy (non-hydrogen) atoms. The Hall–Kier alpha value is -1.86. The van der Waals surface area contributed by atoms with Crippen molar-refractivity contribution in [3.63, 3.8) is 0 Å². The van der Waals surface area contributed by atoms with Gasteiger partial charge in [0.25, 0.3) is 0 Å². The molecule has 5 nitrogen and oxygen atoms in total. The molecule has 0 bridgehead atoms. The van der Waals surface area contributed by atoms with E-state index < -0.39 is 17.5 Å². The molecule has 2 N–H and O–H groups in total. The number of carboxylic acid groups (broad SMARTS) is 1. The maximum absolute atomic E-state index is 13.0.